The fraction of sp³-hybridized carbons (Fsp3) is 0.538. The third-order valence-electron chi connectivity index (χ3n) is 3.63. The smallest absolute Gasteiger partial charge is 0.329 e. The van der Waals surface area contributed by atoms with E-state index >= 15 is 0 Å². The summed E-state index contributed by atoms with van der Waals surface area (Å²) < 4.78 is 78.8. The van der Waals surface area contributed by atoms with Crippen molar-refractivity contribution in [2.75, 3.05) is 6.54 Å². The molecular formula is C13H19ClF4N2O2S. The van der Waals surface area contributed by atoms with Crippen LogP contribution in [0.2, 0.25) is 0 Å². The second-order valence-corrected chi connectivity index (χ2v) is 6.59. The fourth-order valence-electron chi connectivity index (χ4n) is 2.02. The average molecular weight is 379 g/mol. The van der Waals surface area contributed by atoms with Gasteiger partial charge < -0.3 is 5.73 Å². The molecule has 23 heavy (non-hydrogen) atoms. The second kappa shape index (κ2) is 7.78. The molecule has 0 heterocycles. The van der Waals surface area contributed by atoms with Crippen LogP contribution in [0.25, 0.3) is 0 Å². The van der Waals surface area contributed by atoms with E-state index in [4.69, 9.17) is 5.73 Å². The number of hydrogen-bond donors (Lipinski definition) is 2. The molecule has 134 valence electrons. The van der Waals surface area contributed by atoms with E-state index < -0.39 is 38.0 Å². The monoisotopic (exact) mass is 378 g/mol. The summed E-state index contributed by atoms with van der Waals surface area (Å²) in [6.45, 7) is 3.28. The van der Waals surface area contributed by atoms with E-state index in [-0.39, 0.29) is 25.0 Å². The lowest BCUT2D eigenvalue weighted by atomic mass is 9.95. The normalized spacial score (nSPS) is 12.8. The summed E-state index contributed by atoms with van der Waals surface area (Å²) in [6, 6.07) is 1.44. The van der Waals surface area contributed by atoms with E-state index in [1.54, 1.807) is 13.8 Å². The summed E-state index contributed by atoms with van der Waals surface area (Å²) in [5.41, 5.74) is 2.96. The van der Waals surface area contributed by atoms with Crippen molar-refractivity contribution in [3.63, 3.8) is 0 Å². The Hall–Kier alpha value is -0.900. The van der Waals surface area contributed by atoms with Gasteiger partial charge in [0.1, 0.15) is 5.82 Å². The molecule has 0 atom stereocenters. The molecule has 0 bridgehead atoms. The Labute approximate surface area is 138 Å². The molecule has 0 radical (unpaired) electrons. The third kappa shape index (κ3) is 5.03. The van der Waals surface area contributed by atoms with Gasteiger partial charge in [0.25, 0.3) is 0 Å². The summed E-state index contributed by atoms with van der Waals surface area (Å²) in [5, 5.41) is 0. The molecule has 3 N–H and O–H groups in total. The molecule has 0 spiro atoms. The molecule has 4 nitrogen and oxygen atoms in total. The standard InChI is InChI=1S/C13H18F4N2O2S.ClH/c1-3-12(4-2,8-18)19-22(20,21)11-6-5-9(14)7-10(11)13(15,16)17;/h5-7,19H,3-4,8,18H2,1-2H3;1H. The molecule has 0 aliphatic rings. The number of alkyl halides is 3. The molecule has 0 amide bonds. The number of nitrogens with one attached hydrogen (secondary N) is 1. The van der Waals surface area contributed by atoms with Gasteiger partial charge in [0.15, 0.2) is 0 Å². The quantitative estimate of drug-likeness (QED) is 0.747. The highest BCUT2D eigenvalue weighted by Crippen LogP contribution is 2.35. The lowest BCUT2D eigenvalue weighted by molar-refractivity contribution is -0.140. The summed E-state index contributed by atoms with van der Waals surface area (Å²) in [6.07, 6.45) is -4.38. The van der Waals surface area contributed by atoms with Gasteiger partial charge >= 0.3 is 6.18 Å². The maximum absolute atomic E-state index is 13.1. The van der Waals surface area contributed by atoms with Crippen LogP contribution in [-0.2, 0) is 16.2 Å². The highest BCUT2D eigenvalue weighted by Gasteiger charge is 2.39. The van der Waals surface area contributed by atoms with Gasteiger partial charge in [-0.3, -0.25) is 0 Å². The Balaban J connectivity index is 0.00000484. The Kier molecular flexibility index (Phi) is 7.48. The van der Waals surface area contributed by atoms with Crippen molar-refractivity contribution in [1.29, 1.82) is 0 Å². The van der Waals surface area contributed by atoms with Crippen LogP contribution in [0.3, 0.4) is 0 Å². The lowest BCUT2D eigenvalue weighted by Gasteiger charge is -2.31. The molecule has 0 aliphatic heterocycles. The van der Waals surface area contributed by atoms with Gasteiger partial charge in [0, 0.05) is 12.1 Å². The summed E-state index contributed by atoms with van der Waals surface area (Å²) in [5.74, 6) is -1.16. The molecule has 1 aromatic rings. The zero-order valence-electron chi connectivity index (χ0n) is 12.6. The zero-order chi connectivity index (χ0) is 17.2. The predicted octanol–water partition coefficient (Wildman–Crippen LogP) is 3.06. The van der Waals surface area contributed by atoms with E-state index in [9.17, 15) is 26.0 Å². The third-order valence-corrected chi connectivity index (χ3v) is 5.27. The Morgan fingerprint density at radius 3 is 2.09 bits per heavy atom. The van der Waals surface area contributed by atoms with Crippen LogP contribution in [0.15, 0.2) is 23.1 Å². The molecule has 0 saturated carbocycles. The molecule has 1 aromatic carbocycles. The van der Waals surface area contributed by atoms with Crippen LogP contribution >= 0.6 is 12.4 Å². The first-order valence-electron chi connectivity index (χ1n) is 6.62. The molecule has 0 fully saturated rings. The van der Waals surface area contributed by atoms with E-state index in [1.165, 1.54) is 0 Å². The molecular weight excluding hydrogens is 360 g/mol. The predicted molar refractivity (Wildman–Crippen MR) is 81.3 cm³/mol. The van der Waals surface area contributed by atoms with E-state index in [0.717, 1.165) is 0 Å². The SMILES string of the molecule is CCC(CC)(CN)NS(=O)(=O)c1ccc(F)cc1C(F)(F)F.Cl. The first-order chi connectivity index (χ1) is 10.0. The number of halogens is 5. The van der Waals surface area contributed by atoms with Crippen LogP contribution in [0.1, 0.15) is 32.3 Å². The minimum Gasteiger partial charge on any atom is -0.329 e. The number of benzene rings is 1. The minimum absolute atomic E-state index is 0. The van der Waals surface area contributed by atoms with Gasteiger partial charge in [0.05, 0.1) is 10.5 Å². The maximum Gasteiger partial charge on any atom is 0.417 e. The molecule has 1 rings (SSSR count). The molecule has 0 aromatic heterocycles. The van der Waals surface area contributed by atoms with E-state index in [1.807, 2.05) is 0 Å². The van der Waals surface area contributed by atoms with Crippen molar-refractivity contribution in [3.8, 4) is 0 Å². The topological polar surface area (TPSA) is 72.2 Å². The van der Waals surface area contributed by atoms with Crippen LogP contribution in [0, 0.1) is 5.82 Å². The number of sulfonamides is 1. The van der Waals surface area contributed by atoms with Crippen molar-refractivity contribution >= 4 is 22.4 Å². The van der Waals surface area contributed by atoms with Gasteiger partial charge in [-0.2, -0.15) is 13.2 Å². The average Bonchev–Trinajstić information content (AvgIpc) is 2.43. The fourth-order valence-corrected chi connectivity index (χ4v) is 3.79. The van der Waals surface area contributed by atoms with Crippen LogP contribution < -0.4 is 10.5 Å². The Morgan fingerprint density at radius 2 is 1.70 bits per heavy atom. The van der Waals surface area contributed by atoms with E-state index in [2.05, 4.69) is 4.72 Å². The second-order valence-electron chi connectivity index (χ2n) is 4.94. The first kappa shape index (κ1) is 22.1. The van der Waals surface area contributed by atoms with Crippen molar-refractivity contribution in [2.45, 2.75) is 43.3 Å². The van der Waals surface area contributed by atoms with Gasteiger partial charge in [-0.05, 0) is 31.0 Å². The van der Waals surface area contributed by atoms with Crippen LogP contribution in [-0.4, -0.2) is 20.5 Å². The van der Waals surface area contributed by atoms with Gasteiger partial charge in [0.2, 0.25) is 10.0 Å². The summed E-state index contributed by atoms with van der Waals surface area (Å²) in [4.78, 5) is -1.01. The number of hydrogen-bond acceptors (Lipinski definition) is 3. The van der Waals surface area contributed by atoms with Crippen molar-refractivity contribution in [1.82, 2.24) is 4.72 Å². The zero-order valence-corrected chi connectivity index (χ0v) is 14.2. The van der Waals surface area contributed by atoms with Crippen molar-refractivity contribution < 1.29 is 26.0 Å². The highest BCUT2D eigenvalue weighted by molar-refractivity contribution is 7.89. The largest absolute Gasteiger partial charge is 0.417 e. The minimum atomic E-state index is -4.99. The molecule has 0 saturated heterocycles. The highest BCUT2D eigenvalue weighted by atomic mass is 35.5. The van der Waals surface area contributed by atoms with Gasteiger partial charge in [-0.15, -0.1) is 12.4 Å². The Morgan fingerprint density at radius 1 is 1.17 bits per heavy atom. The van der Waals surface area contributed by atoms with Gasteiger partial charge in [-0.25, -0.2) is 17.5 Å². The molecule has 10 heteroatoms. The summed E-state index contributed by atoms with van der Waals surface area (Å²) in [7, 11) is -4.50. The summed E-state index contributed by atoms with van der Waals surface area (Å²) >= 11 is 0. The van der Waals surface area contributed by atoms with Crippen LogP contribution in [0.5, 0.6) is 0 Å². The Bertz CT molecular complexity index is 623. The van der Waals surface area contributed by atoms with Crippen molar-refractivity contribution in [3.05, 3.63) is 29.6 Å². The van der Waals surface area contributed by atoms with Gasteiger partial charge in [-0.1, -0.05) is 13.8 Å². The maximum atomic E-state index is 13.1. The molecule has 0 aliphatic carbocycles. The van der Waals surface area contributed by atoms with Crippen LogP contribution in [0.4, 0.5) is 17.6 Å². The first-order valence-corrected chi connectivity index (χ1v) is 8.10. The number of nitrogens with two attached hydrogens (primary N) is 1. The lowest BCUT2D eigenvalue weighted by Crippen LogP contribution is -2.52. The van der Waals surface area contributed by atoms with Crippen molar-refractivity contribution in [2.24, 2.45) is 5.73 Å². The van der Waals surface area contributed by atoms with E-state index in [0.29, 0.717) is 25.0 Å². The molecule has 0 unspecified atom stereocenters. The number of rotatable bonds is 6.